The van der Waals surface area contributed by atoms with E-state index in [2.05, 4.69) is 10.9 Å². The summed E-state index contributed by atoms with van der Waals surface area (Å²) in [5.41, 5.74) is 5.72. The highest BCUT2D eigenvalue weighted by atomic mass is 16.5. The highest BCUT2D eigenvalue weighted by Crippen LogP contribution is 2.46. The van der Waals surface area contributed by atoms with Crippen molar-refractivity contribution < 1.29 is 23.8 Å². The molecule has 2 aromatic heterocycles. The van der Waals surface area contributed by atoms with Gasteiger partial charge in [0.2, 0.25) is 0 Å². The lowest BCUT2D eigenvalue weighted by molar-refractivity contribution is 0.375. The summed E-state index contributed by atoms with van der Waals surface area (Å²) in [6, 6.07) is 20.2. The second kappa shape index (κ2) is 9.37. The van der Waals surface area contributed by atoms with Crippen molar-refractivity contribution >= 4 is 21.9 Å². The summed E-state index contributed by atoms with van der Waals surface area (Å²) in [7, 11) is 1.58. The molecule has 1 saturated heterocycles. The van der Waals surface area contributed by atoms with Crippen LogP contribution in [0.2, 0.25) is 0 Å². The summed E-state index contributed by atoms with van der Waals surface area (Å²) in [4.78, 5) is 26.9. The molecule has 0 spiro atoms. The van der Waals surface area contributed by atoms with Gasteiger partial charge in [0.05, 0.1) is 35.1 Å². The first kappa shape index (κ1) is 23.8. The monoisotopic (exact) mass is 512 g/mol. The lowest BCUT2D eigenvalue weighted by Gasteiger charge is -2.28. The molecule has 2 unspecified atom stereocenters. The minimum Gasteiger partial charge on any atom is -0.507 e. The number of methoxy groups -OCH3 is 1. The fourth-order valence-electron chi connectivity index (χ4n) is 5.38. The molecule has 1 aliphatic heterocycles. The fraction of sp³-hybridized carbons (Fsp3) is 0.172. The van der Waals surface area contributed by atoms with Gasteiger partial charge in [-0.25, -0.2) is 15.0 Å². The van der Waals surface area contributed by atoms with E-state index in [1.165, 1.54) is 0 Å². The normalized spacial score (nSPS) is 17.4. The largest absolute Gasteiger partial charge is 0.507 e. The van der Waals surface area contributed by atoms with Gasteiger partial charge in [-0.1, -0.05) is 36.4 Å². The highest BCUT2D eigenvalue weighted by Gasteiger charge is 2.43. The third-order valence-corrected chi connectivity index (χ3v) is 7.19. The van der Waals surface area contributed by atoms with E-state index in [0.717, 1.165) is 5.56 Å². The van der Waals surface area contributed by atoms with E-state index in [1.54, 1.807) is 55.6 Å². The molecular formula is C29H24N2O7. The van der Waals surface area contributed by atoms with Crippen LogP contribution in [0.4, 0.5) is 0 Å². The molecule has 6 rings (SSSR count). The molecule has 3 aromatic carbocycles. The van der Waals surface area contributed by atoms with Crippen LogP contribution in [-0.4, -0.2) is 23.9 Å². The van der Waals surface area contributed by atoms with Gasteiger partial charge >= 0.3 is 11.3 Å². The Balaban J connectivity index is 1.63. The lowest BCUT2D eigenvalue weighted by Crippen LogP contribution is -2.30. The molecule has 38 heavy (non-hydrogen) atoms. The van der Waals surface area contributed by atoms with Crippen LogP contribution in [0.3, 0.4) is 0 Å². The average molecular weight is 513 g/mol. The predicted octanol–water partition coefficient (Wildman–Crippen LogP) is 3.92. The van der Waals surface area contributed by atoms with E-state index in [1.807, 2.05) is 24.3 Å². The summed E-state index contributed by atoms with van der Waals surface area (Å²) in [5.74, 6) is -1.56. The summed E-state index contributed by atoms with van der Waals surface area (Å²) >= 11 is 0. The van der Waals surface area contributed by atoms with Gasteiger partial charge < -0.3 is 23.8 Å². The maximum atomic E-state index is 13.4. The van der Waals surface area contributed by atoms with Gasteiger partial charge in [0.1, 0.15) is 28.4 Å². The third kappa shape index (κ3) is 3.80. The Kier molecular flexibility index (Phi) is 5.86. The van der Waals surface area contributed by atoms with Crippen molar-refractivity contribution in [2.45, 2.75) is 12.0 Å². The molecule has 2 atom stereocenters. The smallest absolute Gasteiger partial charge is 0.343 e. The molecule has 0 amide bonds. The Morgan fingerprint density at radius 2 is 1.34 bits per heavy atom. The number of benzene rings is 3. The number of rotatable bonds is 5. The number of ether oxygens (including phenoxy) is 1. The lowest BCUT2D eigenvalue weighted by atomic mass is 9.76. The molecule has 0 aliphatic carbocycles. The van der Waals surface area contributed by atoms with E-state index < -0.39 is 29.1 Å². The SMILES string of the molecule is COc1ccc(C2NNCC2C(c2c(O)c3ccccc3oc2=O)c2c(O)c3ccccc3oc2=O)cc1. The van der Waals surface area contributed by atoms with E-state index >= 15 is 0 Å². The first-order chi connectivity index (χ1) is 18.5. The van der Waals surface area contributed by atoms with Crippen LogP contribution in [0.15, 0.2) is 91.2 Å². The quantitative estimate of drug-likeness (QED) is 0.259. The van der Waals surface area contributed by atoms with Crippen LogP contribution in [0.25, 0.3) is 21.9 Å². The number of aromatic hydroxyl groups is 2. The number of hydrazine groups is 1. The molecule has 0 saturated carbocycles. The molecule has 0 radical (unpaired) electrons. The van der Waals surface area contributed by atoms with Crippen LogP contribution < -0.4 is 26.8 Å². The standard InChI is InChI=1S/C29H24N2O7/c1-36-16-12-10-15(11-13-16)25-19(14-30-31-25)22(23-26(32)17-6-2-4-8-20(17)37-28(23)34)24-27(33)18-7-3-5-9-21(18)38-29(24)35/h2-13,19,22,25,30-33H,14H2,1H3. The zero-order valence-corrected chi connectivity index (χ0v) is 20.3. The molecule has 1 fully saturated rings. The first-order valence-corrected chi connectivity index (χ1v) is 12.1. The number of hydrogen-bond donors (Lipinski definition) is 4. The van der Waals surface area contributed by atoms with Crippen LogP contribution in [0, 0.1) is 5.92 Å². The number of nitrogens with one attached hydrogen (secondary N) is 2. The first-order valence-electron chi connectivity index (χ1n) is 12.1. The summed E-state index contributed by atoms with van der Waals surface area (Å²) in [6.07, 6.45) is 0. The van der Waals surface area contributed by atoms with E-state index in [9.17, 15) is 19.8 Å². The number of fused-ring (bicyclic) bond motifs is 2. The maximum absolute atomic E-state index is 13.4. The van der Waals surface area contributed by atoms with E-state index in [-0.39, 0.29) is 33.8 Å². The highest BCUT2D eigenvalue weighted by molar-refractivity contribution is 5.86. The molecule has 4 N–H and O–H groups in total. The van der Waals surface area contributed by atoms with Gasteiger partial charge in [0.15, 0.2) is 0 Å². The molecule has 3 heterocycles. The Morgan fingerprint density at radius 1 is 0.816 bits per heavy atom. The third-order valence-electron chi connectivity index (χ3n) is 7.19. The molecule has 1 aliphatic rings. The molecule has 9 nitrogen and oxygen atoms in total. The zero-order valence-electron chi connectivity index (χ0n) is 20.3. The predicted molar refractivity (Wildman–Crippen MR) is 141 cm³/mol. The minimum absolute atomic E-state index is 0.129. The van der Waals surface area contributed by atoms with Gasteiger partial charge in [-0.15, -0.1) is 0 Å². The summed E-state index contributed by atoms with van der Waals surface area (Å²) in [6.45, 7) is 0.304. The molecule has 0 bridgehead atoms. The Bertz CT molecular complexity index is 1680. The number of hydrogen-bond acceptors (Lipinski definition) is 9. The second-order valence-corrected chi connectivity index (χ2v) is 9.21. The van der Waals surface area contributed by atoms with Crippen LogP contribution in [0.1, 0.15) is 28.7 Å². The Labute approximate surface area is 215 Å². The average Bonchev–Trinajstić information content (AvgIpc) is 3.42. The van der Waals surface area contributed by atoms with Gasteiger partial charge in [-0.2, -0.15) is 0 Å². The topological polar surface area (TPSA) is 134 Å². The van der Waals surface area contributed by atoms with Gasteiger partial charge in [-0.3, -0.25) is 5.43 Å². The molecule has 192 valence electrons. The number of para-hydroxylation sites is 2. The van der Waals surface area contributed by atoms with E-state index in [4.69, 9.17) is 13.6 Å². The van der Waals surface area contributed by atoms with Gasteiger partial charge in [0.25, 0.3) is 0 Å². The van der Waals surface area contributed by atoms with Crippen molar-refractivity contribution in [2.24, 2.45) is 5.92 Å². The second-order valence-electron chi connectivity index (χ2n) is 9.21. The summed E-state index contributed by atoms with van der Waals surface area (Å²) in [5, 5.41) is 23.5. The van der Waals surface area contributed by atoms with Crippen LogP contribution in [0.5, 0.6) is 17.2 Å². The van der Waals surface area contributed by atoms with Crippen molar-refractivity contribution in [2.75, 3.05) is 13.7 Å². The Hall–Kier alpha value is -4.60. The van der Waals surface area contributed by atoms with Gasteiger partial charge in [0, 0.05) is 18.4 Å². The maximum Gasteiger partial charge on any atom is 0.343 e. The molecule has 5 aromatic rings. The fourth-order valence-corrected chi connectivity index (χ4v) is 5.38. The van der Waals surface area contributed by atoms with E-state index in [0.29, 0.717) is 23.1 Å². The van der Waals surface area contributed by atoms with Crippen LogP contribution in [-0.2, 0) is 0 Å². The van der Waals surface area contributed by atoms with Crippen molar-refractivity contribution in [3.63, 3.8) is 0 Å². The molecular weight excluding hydrogens is 488 g/mol. The minimum atomic E-state index is -1.09. The van der Waals surface area contributed by atoms with Crippen molar-refractivity contribution in [1.82, 2.24) is 10.9 Å². The zero-order chi connectivity index (χ0) is 26.4. The van der Waals surface area contributed by atoms with Crippen LogP contribution >= 0.6 is 0 Å². The van der Waals surface area contributed by atoms with Gasteiger partial charge in [-0.05, 0) is 42.0 Å². The van der Waals surface area contributed by atoms with Crippen molar-refractivity contribution in [3.8, 4) is 17.2 Å². The Morgan fingerprint density at radius 3 is 1.87 bits per heavy atom. The van der Waals surface area contributed by atoms with Crippen molar-refractivity contribution in [3.05, 3.63) is 110 Å². The summed E-state index contributed by atoms with van der Waals surface area (Å²) < 4.78 is 16.5. The molecule has 9 heteroatoms. The van der Waals surface area contributed by atoms with Crippen molar-refractivity contribution in [1.29, 1.82) is 0 Å².